The lowest BCUT2D eigenvalue weighted by atomic mass is 9.93. The standard InChI is InChI=1S/C17H24N2O/c1-13-4-2-3-5-16(13)18-17(20)12-14-8-10-19(11-9-14)15-6-7-15/h2-5,14-15H,6-12H2,1H3,(H,18,20). The van der Waals surface area contributed by atoms with Gasteiger partial charge >= 0.3 is 0 Å². The second-order valence-corrected chi connectivity index (χ2v) is 6.28. The van der Waals surface area contributed by atoms with Crippen molar-refractivity contribution in [3.63, 3.8) is 0 Å². The zero-order chi connectivity index (χ0) is 13.9. The molecule has 3 rings (SSSR count). The number of anilines is 1. The Kier molecular flexibility index (Phi) is 4.06. The van der Waals surface area contributed by atoms with Crippen molar-refractivity contribution in [2.75, 3.05) is 18.4 Å². The van der Waals surface area contributed by atoms with Gasteiger partial charge in [0, 0.05) is 18.2 Å². The van der Waals surface area contributed by atoms with Gasteiger partial charge in [0.05, 0.1) is 0 Å². The minimum absolute atomic E-state index is 0.171. The van der Waals surface area contributed by atoms with Crippen molar-refractivity contribution >= 4 is 11.6 Å². The minimum Gasteiger partial charge on any atom is -0.326 e. The van der Waals surface area contributed by atoms with E-state index in [4.69, 9.17) is 0 Å². The molecule has 0 aromatic heterocycles. The molecule has 0 atom stereocenters. The monoisotopic (exact) mass is 272 g/mol. The molecule has 1 aliphatic heterocycles. The lowest BCUT2D eigenvalue weighted by Gasteiger charge is -2.31. The SMILES string of the molecule is Cc1ccccc1NC(=O)CC1CCN(C2CC2)CC1. The molecule has 1 aliphatic carbocycles. The number of aryl methyl sites for hydroxylation is 1. The summed E-state index contributed by atoms with van der Waals surface area (Å²) in [5.74, 6) is 0.734. The summed E-state index contributed by atoms with van der Waals surface area (Å²) in [6.45, 7) is 4.41. The second-order valence-electron chi connectivity index (χ2n) is 6.28. The van der Waals surface area contributed by atoms with E-state index in [2.05, 4.69) is 10.2 Å². The first-order valence-electron chi connectivity index (χ1n) is 7.82. The first-order valence-corrected chi connectivity index (χ1v) is 7.82. The molecule has 1 aromatic carbocycles. The van der Waals surface area contributed by atoms with Gasteiger partial charge < -0.3 is 10.2 Å². The third kappa shape index (κ3) is 3.40. The highest BCUT2D eigenvalue weighted by atomic mass is 16.1. The topological polar surface area (TPSA) is 32.3 Å². The average molecular weight is 272 g/mol. The highest BCUT2D eigenvalue weighted by molar-refractivity contribution is 5.91. The van der Waals surface area contributed by atoms with Gasteiger partial charge in [-0.3, -0.25) is 4.79 Å². The molecular weight excluding hydrogens is 248 g/mol. The van der Waals surface area contributed by atoms with E-state index in [0.717, 1.165) is 17.3 Å². The number of rotatable bonds is 4. The average Bonchev–Trinajstić information content (AvgIpc) is 3.27. The molecule has 0 unspecified atom stereocenters. The van der Waals surface area contributed by atoms with Crippen LogP contribution >= 0.6 is 0 Å². The summed E-state index contributed by atoms with van der Waals surface area (Å²) < 4.78 is 0. The maximum atomic E-state index is 12.1. The molecule has 1 saturated carbocycles. The Bertz CT molecular complexity index is 474. The molecule has 2 aliphatic rings. The van der Waals surface area contributed by atoms with Crippen LogP contribution in [-0.4, -0.2) is 29.9 Å². The van der Waals surface area contributed by atoms with Gasteiger partial charge in [-0.2, -0.15) is 0 Å². The molecule has 1 aromatic rings. The van der Waals surface area contributed by atoms with Gasteiger partial charge in [-0.15, -0.1) is 0 Å². The summed E-state index contributed by atoms with van der Waals surface area (Å²) in [6.07, 6.45) is 5.80. The normalized spacial score (nSPS) is 20.9. The molecule has 20 heavy (non-hydrogen) atoms. The lowest BCUT2D eigenvalue weighted by Crippen LogP contribution is -2.36. The van der Waals surface area contributed by atoms with Crippen molar-refractivity contribution in [3.8, 4) is 0 Å². The van der Waals surface area contributed by atoms with Crippen LogP contribution in [0, 0.1) is 12.8 Å². The third-order valence-electron chi connectivity index (χ3n) is 4.61. The zero-order valence-corrected chi connectivity index (χ0v) is 12.3. The molecular formula is C17H24N2O. The number of amides is 1. The largest absolute Gasteiger partial charge is 0.326 e. The quantitative estimate of drug-likeness (QED) is 0.913. The molecule has 108 valence electrons. The highest BCUT2D eigenvalue weighted by Crippen LogP contribution is 2.31. The first-order chi connectivity index (χ1) is 9.72. The number of hydrogen-bond acceptors (Lipinski definition) is 2. The van der Waals surface area contributed by atoms with Crippen LogP contribution in [-0.2, 0) is 4.79 Å². The van der Waals surface area contributed by atoms with Crippen LogP contribution in [0.3, 0.4) is 0 Å². The van der Waals surface area contributed by atoms with E-state index in [1.54, 1.807) is 0 Å². The second kappa shape index (κ2) is 5.96. The highest BCUT2D eigenvalue weighted by Gasteiger charge is 2.32. The molecule has 0 spiro atoms. The number of para-hydroxylation sites is 1. The van der Waals surface area contributed by atoms with E-state index < -0.39 is 0 Å². The summed E-state index contributed by atoms with van der Waals surface area (Å²) in [5.41, 5.74) is 2.08. The Morgan fingerprint density at radius 3 is 2.55 bits per heavy atom. The van der Waals surface area contributed by atoms with Crippen LogP contribution in [0.2, 0.25) is 0 Å². The Hall–Kier alpha value is -1.35. The van der Waals surface area contributed by atoms with Crippen LogP contribution < -0.4 is 5.32 Å². The van der Waals surface area contributed by atoms with Crippen LogP contribution in [0.25, 0.3) is 0 Å². The maximum absolute atomic E-state index is 12.1. The molecule has 1 N–H and O–H groups in total. The zero-order valence-electron chi connectivity index (χ0n) is 12.3. The first kappa shape index (κ1) is 13.6. The molecule has 0 radical (unpaired) electrons. The van der Waals surface area contributed by atoms with Crippen LogP contribution in [0.15, 0.2) is 24.3 Å². The van der Waals surface area contributed by atoms with Gasteiger partial charge in [-0.1, -0.05) is 18.2 Å². The summed E-state index contributed by atoms with van der Waals surface area (Å²) in [7, 11) is 0. The fraction of sp³-hybridized carbons (Fsp3) is 0.588. The van der Waals surface area contributed by atoms with Crippen LogP contribution in [0.1, 0.15) is 37.7 Å². The van der Waals surface area contributed by atoms with E-state index in [1.165, 1.54) is 38.8 Å². The number of nitrogens with zero attached hydrogens (tertiary/aromatic N) is 1. The molecule has 1 saturated heterocycles. The predicted octanol–water partition coefficient (Wildman–Crippen LogP) is 3.20. The van der Waals surface area contributed by atoms with E-state index >= 15 is 0 Å². The number of benzene rings is 1. The molecule has 1 heterocycles. The van der Waals surface area contributed by atoms with E-state index in [0.29, 0.717) is 12.3 Å². The summed E-state index contributed by atoms with van der Waals surface area (Å²) in [6, 6.07) is 8.85. The minimum atomic E-state index is 0.171. The van der Waals surface area contributed by atoms with Crippen molar-refractivity contribution in [1.82, 2.24) is 4.90 Å². The summed E-state index contributed by atoms with van der Waals surface area (Å²) in [5, 5.41) is 3.05. The summed E-state index contributed by atoms with van der Waals surface area (Å²) >= 11 is 0. The Balaban J connectivity index is 1.46. The predicted molar refractivity (Wildman–Crippen MR) is 81.7 cm³/mol. The summed E-state index contributed by atoms with van der Waals surface area (Å²) in [4.78, 5) is 14.7. The Morgan fingerprint density at radius 2 is 1.90 bits per heavy atom. The van der Waals surface area contributed by atoms with Gasteiger partial charge in [0.2, 0.25) is 5.91 Å². The van der Waals surface area contributed by atoms with Crippen molar-refractivity contribution in [2.45, 2.75) is 45.1 Å². The maximum Gasteiger partial charge on any atom is 0.224 e. The number of hydrogen-bond donors (Lipinski definition) is 1. The number of carbonyl (C=O) groups excluding carboxylic acids is 1. The Morgan fingerprint density at radius 1 is 1.20 bits per heavy atom. The fourth-order valence-electron chi connectivity index (χ4n) is 3.14. The molecule has 3 heteroatoms. The fourth-order valence-corrected chi connectivity index (χ4v) is 3.14. The molecule has 0 bridgehead atoms. The molecule has 1 amide bonds. The number of piperidine rings is 1. The van der Waals surface area contributed by atoms with Crippen molar-refractivity contribution < 1.29 is 4.79 Å². The smallest absolute Gasteiger partial charge is 0.224 e. The van der Waals surface area contributed by atoms with Gasteiger partial charge in [0.1, 0.15) is 0 Å². The van der Waals surface area contributed by atoms with E-state index in [9.17, 15) is 4.79 Å². The number of nitrogens with one attached hydrogen (secondary N) is 1. The van der Waals surface area contributed by atoms with Gasteiger partial charge in [-0.05, 0) is 63.2 Å². The van der Waals surface area contributed by atoms with Crippen molar-refractivity contribution in [1.29, 1.82) is 0 Å². The van der Waals surface area contributed by atoms with E-state index in [-0.39, 0.29) is 5.91 Å². The number of likely N-dealkylation sites (tertiary alicyclic amines) is 1. The molecule has 3 nitrogen and oxygen atoms in total. The number of carbonyl (C=O) groups is 1. The van der Waals surface area contributed by atoms with Crippen LogP contribution in [0.4, 0.5) is 5.69 Å². The van der Waals surface area contributed by atoms with Gasteiger partial charge in [0.15, 0.2) is 0 Å². The lowest BCUT2D eigenvalue weighted by molar-refractivity contribution is -0.117. The Labute approximate surface area is 121 Å². The molecule has 2 fully saturated rings. The van der Waals surface area contributed by atoms with Crippen LogP contribution in [0.5, 0.6) is 0 Å². The van der Waals surface area contributed by atoms with E-state index in [1.807, 2.05) is 31.2 Å². The van der Waals surface area contributed by atoms with Crippen molar-refractivity contribution in [3.05, 3.63) is 29.8 Å². The van der Waals surface area contributed by atoms with Gasteiger partial charge in [-0.25, -0.2) is 0 Å². The third-order valence-corrected chi connectivity index (χ3v) is 4.61. The van der Waals surface area contributed by atoms with Crippen molar-refractivity contribution in [2.24, 2.45) is 5.92 Å². The van der Waals surface area contributed by atoms with Gasteiger partial charge in [0.25, 0.3) is 0 Å².